The van der Waals surface area contributed by atoms with Crippen LogP contribution in [0.25, 0.3) is 0 Å². The zero-order valence-corrected chi connectivity index (χ0v) is 9.92. The van der Waals surface area contributed by atoms with Crippen LogP contribution in [0.4, 0.5) is 0 Å². The Morgan fingerprint density at radius 1 is 1.22 bits per heavy atom. The molecule has 0 aliphatic carbocycles. The van der Waals surface area contributed by atoms with E-state index >= 15 is 0 Å². The third kappa shape index (κ3) is 4.52. The summed E-state index contributed by atoms with van der Waals surface area (Å²) >= 11 is 0. The molecule has 3 N–H and O–H groups in total. The van der Waals surface area contributed by atoms with E-state index in [1.54, 1.807) is 18.2 Å². The van der Waals surface area contributed by atoms with E-state index < -0.39 is 33.8 Å². The molecule has 8 heteroatoms. The number of carboxylic acids is 1. The zero-order chi connectivity index (χ0) is 13.8. The summed E-state index contributed by atoms with van der Waals surface area (Å²) in [6, 6.07) is 6.02. The molecule has 0 unspecified atom stereocenters. The van der Waals surface area contributed by atoms with Crippen molar-refractivity contribution in [1.29, 1.82) is 0 Å². The molecule has 0 fully saturated rings. The normalized spacial score (nSPS) is 12.7. The molecule has 0 spiro atoms. The van der Waals surface area contributed by atoms with Crippen molar-refractivity contribution < 1.29 is 27.7 Å². The number of carboxylic acid groups (broad SMARTS) is 1. The van der Waals surface area contributed by atoms with E-state index in [1.165, 1.54) is 12.1 Å². The Morgan fingerprint density at radius 3 is 2.22 bits per heavy atom. The molecule has 1 amide bonds. The molecule has 0 saturated carbocycles. The average Bonchev–Trinajstić information content (AvgIpc) is 2.27. The molecule has 0 radical (unpaired) electrons. The summed E-state index contributed by atoms with van der Waals surface area (Å²) in [5.74, 6) is -3.36. The first-order chi connectivity index (χ1) is 8.29. The minimum Gasteiger partial charge on any atom is -0.480 e. The summed E-state index contributed by atoms with van der Waals surface area (Å²) in [7, 11) is -4.49. The summed E-state index contributed by atoms with van der Waals surface area (Å²) in [6.07, 6.45) is 0. The Kier molecular flexibility index (Phi) is 4.40. The lowest BCUT2D eigenvalue weighted by atomic mass is 10.2. The fraction of sp³-hybridized carbons (Fsp3) is 0.200. The number of rotatable bonds is 5. The predicted octanol–water partition coefficient (Wildman–Crippen LogP) is -0.243. The van der Waals surface area contributed by atoms with Gasteiger partial charge in [-0.2, -0.15) is 8.42 Å². The summed E-state index contributed by atoms with van der Waals surface area (Å²) in [4.78, 5) is 22.3. The lowest BCUT2D eigenvalue weighted by Gasteiger charge is -2.12. The van der Waals surface area contributed by atoms with Crippen LogP contribution >= 0.6 is 0 Å². The number of carbonyl (C=O) groups is 2. The fourth-order valence-electron chi connectivity index (χ4n) is 1.22. The van der Waals surface area contributed by atoms with E-state index in [1.807, 2.05) is 5.32 Å². The minimum atomic E-state index is -4.49. The highest BCUT2D eigenvalue weighted by molar-refractivity contribution is 7.85. The van der Waals surface area contributed by atoms with Crippen LogP contribution in [-0.2, 0) is 14.9 Å². The molecule has 0 heterocycles. The maximum absolute atomic E-state index is 11.6. The van der Waals surface area contributed by atoms with Crippen LogP contribution in [0.2, 0.25) is 0 Å². The second kappa shape index (κ2) is 5.61. The molecule has 7 nitrogen and oxygen atoms in total. The van der Waals surface area contributed by atoms with Crippen LogP contribution in [0.15, 0.2) is 30.3 Å². The van der Waals surface area contributed by atoms with Crippen molar-refractivity contribution >= 4 is 22.0 Å². The predicted molar refractivity (Wildman–Crippen MR) is 61.7 cm³/mol. The van der Waals surface area contributed by atoms with Gasteiger partial charge in [0.05, 0.1) is 0 Å². The highest BCUT2D eigenvalue weighted by Crippen LogP contribution is 2.00. The molecule has 1 atom stereocenters. The highest BCUT2D eigenvalue weighted by atomic mass is 32.2. The van der Waals surface area contributed by atoms with Gasteiger partial charge in [0, 0.05) is 5.56 Å². The van der Waals surface area contributed by atoms with Gasteiger partial charge in [0.2, 0.25) is 0 Å². The molecule has 0 aliphatic rings. The highest BCUT2D eigenvalue weighted by Gasteiger charge is 2.25. The lowest BCUT2D eigenvalue weighted by Crippen LogP contribution is -2.45. The number of hydrogen-bond acceptors (Lipinski definition) is 4. The van der Waals surface area contributed by atoms with Gasteiger partial charge in [-0.05, 0) is 12.1 Å². The lowest BCUT2D eigenvalue weighted by molar-refractivity contribution is -0.138. The first-order valence-electron chi connectivity index (χ1n) is 4.83. The van der Waals surface area contributed by atoms with Gasteiger partial charge in [-0.15, -0.1) is 0 Å². The van der Waals surface area contributed by atoms with Crippen molar-refractivity contribution in [3.8, 4) is 0 Å². The molecule has 0 aliphatic heterocycles. The van der Waals surface area contributed by atoms with Gasteiger partial charge in [0.25, 0.3) is 16.0 Å². The van der Waals surface area contributed by atoms with Crippen LogP contribution < -0.4 is 5.32 Å². The van der Waals surface area contributed by atoms with Crippen LogP contribution in [-0.4, -0.2) is 41.7 Å². The third-order valence-corrected chi connectivity index (χ3v) is 2.77. The van der Waals surface area contributed by atoms with Gasteiger partial charge in [0.1, 0.15) is 11.8 Å². The maximum atomic E-state index is 11.6. The van der Waals surface area contributed by atoms with Gasteiger partial charge >= 0.3 is 5.97 Å². The van der Waals surface area contributed by atoms with Crippen molar-refractivity contribution in [2.75, 3.05) is 5.75 Å². The molecule has 98 valence electrons. The van der Waals surface area contributed by atoms with Gasteiger partial charge in [0.15, 0.2) is 0 Å². The van der Waals surface area contributed by atoms with E-state index in [4.69, 9.17) is 9.66 Å². The summed E-state index contributed by atoms with van der Waals surface area (Å²) in [5.41, 5.74) is 0.194. The van der Waals surface area contributed by atoms with Crippen LogP contribution in [0, 0.1) is 0 Å². The molecule has 0 bridgehead atoms. The maximum Gasteiger partial charge on any atom is 0.327 e. The van der Waals surface area contributed by atoms with Gasteiger partial charge < -0.3 is 10.4 Å². The molecular weight excluding hydrogens is 262 g/mol. The van der Waals surface area contributed by atoms with E-state index in [-0.39, 0.29) is 5.56 Å². The average molecular weight is 273 g/mol. The Bertz CT molecular complexity index is 539. The molecule has 1 aromatic carbocycles. The smallest absolute Gasteiger partial charge is 0.327 e. The summed E-state index contributed by atoms with van der Waals surface area (Å²) in [6.45, 7) is 0. The Morgan fingerprint density at radius 2 is 1.78 bits per heavy atom. The largest absolute Gasteiger partial charge is 0.480 e. The number of nitrogens with one attached hydrogen (secondary N) is 1. The second-order valence-electron chi connectivity index (χ2n) is 3.48. The molecule has 18 heavy (non-hydrogen) atoms. The van der Waals surface area contributed by atoms with Gasteiger partial charge in [-0.1, -0.05) is 18.2 Å². The monoisotopic (exact) mass is 273 g/mol. The van der Waals surface area contributed by atoms with Crippen molar-refractivity contribution in [2.45, 2.75) is 6.04 Å². The van der Waals surface area contributed by atoms with Crippen molar-refractivity contribution in [2.24, 2.45) is 0 Å². The number of carbonyl (C=O) groups excluding carboxylic acids is 1. The molecule has 0 aromatic heterocycles. The van der Waals surface area contributed by atoms with Gasteiger partial charge in [-0.3, -0.25) is 9.35 Å². The van der Waals surface area contributed by atoms with E-state index in [0.717, 1.165) is 0 Å². The molecule has 1 rings (SSSR count). The zero-order valence-electron chi connectivity index (χ0n) is 9.11. The Hall–Kier alpha value is -1.93. The standard InChI is InChI=1S/C10H11NO6S/c12-9(7-4-2-1-3-5-7)11-8(10(13)14)6-18(15,16)17/h1-5,8H,6H2,(H,11,12)(H,13,14)(H,15,16,17)/t8-/m0/s1. The summed E-state index contributed by atoms with van der Waals surface area (Å²) in [5, 5.41) is 10.8. The summed E-state index contributed by atoms with van der Waals surface area (Å²) < 4.78 is 29.8. The Balaban J connectivity index is 2.80. The number of amides is 1. The van der Waals surface area contributed by atoms with Crippen molar-refractivity contribution in [3.05, 3.63) is 35.9 Å². The van der Waals surface area contributed by atoms with Gasteiger partial charge in [-0.25, -0.2) is 4.79 Å². The number of hydrogen-bond donors (Lipinski definition) is 3. The SMILES string of the molecule is O=C(N[C@@H](CS(=O)(=O)O)C(=O)O)c1ccccc1. The first kappa shape index (κ1) is 14.1. The van der Waals surface area contributed by atoms with E-state index in [0.29, 0.717) is 0 Å². The molecule has 1 aromatic rings. The number of benzene rings is 1. The topological polar surface area (TPSA) is 121 Å². The second-order valence-corrected chi connectivity index (χ2v) is 4.98. The van der Waals surface area contributed by atoms with Crippen LogP contribution in [0.1, 0.15) is 10.4 Å². The third-order valence-electron chi connectivity index (χ3n) is 2.02. The van der Waals surface area contributed by atoms with Crippen molar-refractivity contribution in [3.63, 3.8) is 0 Å². The first-order valence-corrected chi connectivity index (χ1v) is 6.44. The van der Waals surface area contributed by atoms with E-state index in [2.05, 4.69) is 0 Å². The minimum absolute atomic E-state index is 0.194. The Labute approximate surface area is 103 Å². The van der Waals surface area contributed by atoms with Crippen LogP contribution in [0.5, 0.6) is 0 Å². The quantitative estimate of drug-likeness (QED) is 0.636. The molecular formula is C10H11NO6S. The van der Waals surface area contributed by atoms with E-state index in [9.17, 15) is 18.0 Å². The van der Waals surface area contributed by atoms with Crippen molar-refractivity contribution in [1.82, 2.24) is 5.32 Å². The fourth-order valence-corrected chi connectivity index (χ4v) is 1.86. The molecule has 0 saturated heterocycles. The van der Waals surface area contributed by atoms with Crippen LogP contribution in [0.3, 0.4) is 0 Å². The number of aliphatic carboxylic acids is 1.